The number of hydrogen-bond donors (Lipinski definition) is 0. The van der Waals surface area contributed by atoms with Gasteiger partial charge in [-0.3, -0.25) is 15.0 Å². The van der Waals surface area contributed by atoms with Crippen molar-refractivity contribution in [3.63, 3.8) is 0 Å². The highest BCUT2D eigenvalue weighted by Crippen LogP contribution is 2.34. The summed E-state index contributed by atoms with van der Waals surface area (Å²) in [6.07, 6.45) is 7.13. The Kier molecular flexibility index (Phi) is 31.6. The number of fused-ring (bicyclic) bond motifs is 3. The Hall–Kier alpha value is -12.6. The van der Waals surface area contributed by atoms with Gasteiger partial charge in [-0.1, -0.05) is 381 Å². The molecule has 8 aromatic heterocycles. The van der Waals surface area contributed by atoms with Crippen LogP contribution >= 0.6 is 112 Å². The van der Waals surface area contributed by atoms with Crippen LogP contribution in [0, 0.1) is 0 Å². The molecule has 0 aliphatic rings. The quantitative estimate of drug-likeness (QED) is 0.0682. The van der Waals surface area contributed by atoms with Crippen molar-refractivity contribution < 1.29 is 0 Å². The highest BCUT2D eigenvalue weighted by molar-refractivity contribution is 9.11. The van der Waals surface area contributed by atoms with Crippen LogP contribution in [0.1, 0.15) is 0 Å². The average Bonchev–Trinajstić information content (AvgIpc) is 0.786. The molecule has 20 rings (SSSR count). The molecule has 8 heterocycles. The lowest BCUT2D eigenvalue weighted by Crippen LogP contribution is -1.97. The van der Waals surface area contributed by atoms with Crippen molar-refractivity contribution in [2.75, 3.05) is 0 Å². The molecule has 0 amide bonds. The number of nitrogens with zero attached hydrogens (tertiary/aromatic N) is 13. The van der Waals surface area contributed by atoms with Crippen molar-refractivity contribution in [1.82, 2.24) is 64.8 Å². The number of hydrogen-bond acceptors (Lipinski definition) is 13. The first-order valence-corrected chi connectivity index (χ1v) is 44.1. The molecule has 0 atom stereocenters. The molecule has 596 valence electrons. The third-order valence-electron chi connectivity index (χ3n) is 18.3. The lowest BCUT2D eigenvalue weighted by Gasteiger charge is -2.06. The van der Waals surface area contributed by atoms with Gasteiger partial charge in [0, 0.05) is 88.3 Å². The van der Waals surface area contributed by atoms with Crippen LogP contribution in [0.25, 0.3) is 146 Å². The lowest BCUT2D eigenvalue weighted by molar-refractivity contribution is 1.03. The number of benzene rings is 12. The predicted molar refractivity (Wildman–Crippen MR) is 525 cm³/mol. The second-order valence-electron chi connectivity index (χ2n) is 26.7. The molecule has 0 aliphatic heterocycles. The van der Waals surface area contributed by atoms with Gasteiger partial charge in [0.1, 0.15) is 4.60 Å². The summed E-state index contributed by atoms with van der Waals surface area (Å²) in [5.41, 5.74) is 17.5. The van der Waals surface area contributed by atoms with E-state index in [0.29, 0.717) is 21.1 Å². The van der Waals surface area contributed by atoms with Gasteiger partial charge in [-0.2, -0.15) is 0 Å². The summed E-state index contributed by atoms with van der Waals surface area (Å²) < 4.78 is 6.02. The summed E-state index contributed by atoms with van der Waals surface area (Å²) in [5.74, 6) is 2.80. The van der Waals surface area contributed by atoms with E-state index in [-0.39, 0.29) is 0 Å². The summed E-state index contributed by atoms with van der Waals surface area (Å²) in [7, 11) is 0. The Morgan fingerprint density at radius 3 is 0.984 bits per heavy atom. The zero-order valence-corrected chi connectivity index (χ0v) is 76.5. The van der Waals surface area contributed by atoms with Crippen molar-refractivity contribution in [2.45, 2.75) is 0 Å². The van der Waals surface area contributed by atoms with Crippen molar-refractivity contribution >= 4 is 133 Å². The second kappa shape index (κ2) is 44.8. The van der Waals surface area contributed by atoms with Gasteiger partial charge in [-0.15, -0.1) is 0 Å². The van der Waals surface area contributed by atoms with Crippen LogP contribution in [0.5, 0.6) is 0 Å². The van der Waals surface area contributed by atoms with E-state index in [1.807, 2.05) is 334 Å². The van der Waals surface area contributed by atoms with Crippen molar-refractivity contribution in [3.05, 3.63) is 457 Å². The number of pyridine rings is 4. The molecule has 13 nitrogen and oxygen atoms in total. The van der Waals surface area contributed by atoms with E-state index in [0.717, 1.165) is 135 Å². The molecule has 0 fully saturated rings. The molecule has 0 spiro atoms. The maximum Gasteiger partial charge on any atom is 0.200 e. The summed E-state index contributed by atoms with van der Waals surface area (Å²) in [5, 5.41) is 5.18. The van der Waals surface area contributed by atoms with Gasteiger partial charge in [-0.05, 0) is 152 Å². The minimum absolute atomic E-state index is 0.542. The van der Waals surface area contributed by atoms with Gasteiger partial charge >= 0.3 is 0 Å². The normalized spacial score (nSPS) is 10.4. The molecule has 20 heteroatoms. The minimum Gasteiger partial charge on any atom is -0.256 e. The van der Waals surface area contributed by atoms with Gasteiger partial charge in [-0.25, -0.2) is 49.8 Å². The lowest BCUT2D eigenvalue weighted by atomic mass is 10.0. The van der Waals surface area contributed by atoms with E-state index >= 15 is 0 Å². The van der Waals surface area contributed by atoms with Crippen LogP contribution in [0.3, 0.4) is 0 Å². The largest absolute Gasteiger partial charge is 0.256 e. The molecular formula is C103H70Br7N13. The van der Waals surface area contributed by atoms with E-state index in [2.05, 4.69) is 243 Å². The van der Waals surface area contributed by atoms with E-state index in [1.54, 1.807) is 24.8 Å². The standard InChI is InChI=1S/3C16H11BrN2.2C15H10BrN3.C14H9Br.C11H8BrN/c17-14-11-18-16(13-9-5-2-6-10-13)19-15(14)12-7-3-1-4-8-12;17-15-11-14(12-7-3-1-4-8-12)18-16(19-15)13-9-5-2-6-10-13;17-16-18-14(12-7-3-1-4-8-12)11-15(19-16)13-9-5-2-6-10-13;16-11-9-14(12-5-1-3-7-17-12)19-15(10-11)13-6-2-4-8-18-13;16-15-18-13(11-7-3-1-4-8-11)17-14(19-15)12-9-5-2-6-10-12;15-14-9-10-5-1-2-6-11(10)12-7-3-4-8-13(12)14;12-10-6-7-13-11(8-10)9-4-2-1-3-5-9/h3*1-11H;2*1-10H;1-9H;1-8H. The van der Waals surface area contributed by atoms with Crippen LogP contribution in [-0.4, -0.2) is 64.8 Å². The number of aromatic nitrogens is 13. The monoisotopic (exact) mass is 2040 g/mol. The molecule has 12 aromatic carbocycles. The molecular weight excluding hydrogens is 1980 g/mol. The summed E-state index contributed by atoms with van der Waals surface area (Å²) >= 11 is 24.3. The van der Waals surface area contributed by atoms with E-state index in [9.17, 15) is 0 Å². The first-order chi connectivity index (χ1) is 60.4. The summed E-state index contributed by atoms with van der Waals surface area (Å²) in [6, 6.07) is 133. The van der Waals surface area contributed by atoms with Gasteiger partial charge in [0.25, 0.3) is 0 Å². The molecule has 0 saturated heterocycles. The first kappa shape index (κ1) is 86.7. The average molecular weight is 2050 g/mol. The van der Waals surface area contributed by atoms with Crippen molar-refractivity contribution in [3.8, 4) is 125 Å². The molecule has 0 bridgehead atoms. The molecule has 0 aliphatic carbocycles. The Morgan fingerprint density at radius 2 is 0.537 bits per heavy atom. The van der Waals surface area contributed by atoms with Crippen molar-refractivity contribution in [1.29, 1.82) is 0 Å². The van der Waals surface area contributed by atoms with Gasteiger partial charge in [0.05, 0.1) is 55.7 Å². The SMILES string of the molecule is Brc1cc(-c2ccccc2)nc(-c2ccccc2)n1.Brc1cc(-c2ccccn2)nc(-c2ccccn2)c1.Brc1cc2ccccc2c2ccccc12.Brc1ccnc(-c2ccccc2)c1.Brc1cnc(-c2ccccc2)nc1-c1ccccc1.Brc1nc(-c2ccccc2)cc(-c2ccccc2)n1.Brc1nc(-c2ccccc2)nc(-c2ccccc2)n1. The molecule has 0 saturated carbocycles. The highest BCUT2D eigenvalue weighted by Gasteiger charge is 2.14. The topological polar surface area (TPSA) is 168 Å². The second-order valence-corrected chi connectivity index (χ2v) is 32.5. The van der Waals surface area contributed by atoms with E-state index in [1.165, 1.54) is 21.5 Å². The van der Waals surface area contributed by atoms with E-state index in [4.69, 9.17) is 0 Å². The Bertz CT molecular complexity index is 6020. The fraction of sp³-hybridized carbons (Fsp3) is 0. The smallest absolute Gasteiger partial charge is 0.200 e. The molecule has 123 heavy (non-hydrogen) atoms. The molecule has 20 aromatic rings. The fourth-order valence-electron chi connectivity index (χ4n) is 12.5. The zero-order valence-electron chi connectivity index (χ0n) is 65.4. The van der Waals surface area contributed by atoms with Crippen LogP contribution in [0.4, 0.5) is 0 Å². The molecule has 0 N–H and O–H groups in total. The van der Waals surface area contributed by atoms with E-state index < -0.39 is 0 Å². The number of halogens is 7. The van der Waals surface area contributed by atoms with Crippen molar-refractivity contribution in [2.24, 2.45) is 0 Å². The third kappa shape index (κ3) is 25.0. The first-order valence-electron chi connectivity index (χ1n) is 38.6. The maximum absolute atomic E-state index is 4.65. The Balaban J connectivity index is 0.000000117. The molecule has 0 unspecified atom stereocenters. The Morgan fingerprint density at radius 1 is 0.179 bits per heavy atom. The summed E-state index contributed by atoms with van der Waals surface area (Å²) in [6.45, 7) is 0. The van der Waals surface area contributed by atoms with Crippen LogP contribution in [-0.2, 0) is 0 Å². The predicted octanol–water partition coefficient (Wildman–Crippen LogP) is 29.9. The third-order valence-corrected chi connectivity index (χ3v) is 21.6. The van der Waals surface area contributed by atoms with Crippen LogP contribution < -0.4 is 0 Å². The van der Waals surface area contributed by atoms with Crippen LogP contribution in [0.2, 0.25) is 0 Å². The fourth-order valence-corrected chi connectivity index (χ4v) is 15.3. The number of rotatable bonds is 11. The maximum atomic E-state index is 4.65. The molecule has 0 radical (unpaired) electrons. The van der Waals surface area contributed by atoms with Crippen LogP contribution in [0.15, 0.2) is 457 Å². The zero-order chi connectivity index (χ0) is 84.7. The van der Waals surface area contributed by atoms with Gasteiger partial charge in [0.15, 0.2) is 28.0 Å². The Labute approximate surface area is 772 Å². The van der Waals surface area contributed by atoms with Gasteiger partial charge < -0.3 is 0 Å². The summed E-state index contributed by atoms with van der Waals surface area (Å²) in [4.78, 5) is 57.7. The van der Waals surface area contributed by atoms with Gasteiger partial charge in [0.2, 0.25) is 4.73 Å². The highest BCUT2D eigenvalue weighted by atomic mass is 79.9. The minimum atomic E-state index is 0.542.